The van der Waals surface area contributed by atoms with Crippen LogP contribution in [0.3, 0.4) is 0 Å². The minimum atomic E-state index is -0.475. The summed E-state index contributed by atoms with van der Waals surface area (Å²) in [6, 6.07) is 9.98. The second kappa shape index (κ2) is 9.91. The van der Waals surface area contributed by atoms with E-state index >= 15 is 0 Å². The number of nitrogens with one attached hydrogen (secondary N) is 1. The van der Waals surface area contributed by atoms with Crippen LogP contribution in [0.1, 0.15) is 34.3 Å². The van der Waals surface area contributed by atoms with Crippen LogP contribution in [-0.4, -0.2) is 25.5 Å². The molecule has 0 radical (unpaired) electrons. The van der Waals surface area contributed by atoms with Crippen LogP contribution in [0.25, 0.3) is 0 Å². The number of benzene rings is 2. The molecule has 3 rings (SSSR count). The summed E-state index contributed by atoms with van der Waals surface area (Å²) in [5.41, 5.74) is 2.55. The first kappa shape index (κ1) is 20.7. The maximum Gasteiger partial charge on any atom is 0.165 e. The second-order valence-electron chi connectivity index (χ2n) is 6.12. The largest absolute Gasteiger partial charge is 0.492 e. The van der Waals surface area contributed by atoms with Gasteiger partial charge >= 0.3 is 0 Å². The number of Topliss-reactive ketones (excluding diaryl/α,β-unsaturated/α-hetero) is 1. The van der Waals surface area contributed by atoms with Crippen molar-refractivity contribution in [3.8, 4) is 5.75 Å². The molecule has 1 heterocycles. The molecule has 6 heteroatoms. The number of hydrogen-bond acceptors (Lipinski definition) is 3. The average molecular weight is 398 g/mol. The Morgan fingerprint density at radius 1 is 1.15 bits per heavy atom. The van der Waals surface area contributed by atoms with E-state index in [1.54, 1.807) is 12.1 Å². The fraction of sp³-hybridized carbons (Fsp3) is 0.350. The third kappa shape index (κ3) is 4.97. The van der Waals surface area contributed by atoms with Gasteiger partial charge < -0.3 is 10.1 Å². The van der Waals surface area contributed by atoms with E-state index in [9.17, 15) is 9.18 Å². The fourth-order valence-corrected chi connectivity index (χ4v) is 3.33. The molecule has 0 bridgehead atoms. The zero-order valence-corrected chi connectivity index (χ0v) is 16.0. The average Bonchev–Trinajstić information content (AvgIpc) is 2.86. The Labute approximate surface area is 164 Å². The molecule has 0 aromatic heterocycles. The van der Waals surface area contributed by atoms with Crippen LogP contribution in [0.4, 0.5) is 4.39 Å². The van der Waals surface area contributed by atoms with Crippen molar-refractivity contribution in [3.63, 3.8) is 0 Å². The molecular formula is C20H22Cl2FNO2. The summed E-state index contributed by atoms with van der Waals surface area (Å²) in [7, 11) is 0. The lowest BCUT2D eigenvalue weighted by Crippen LogP contribution is -2.16. The van der Waals surface area contributed by atoms with E-state index in [2.05, 4.69) is 11.4 Å². The molecule has 3 nitrogen and oxygen atoms in total. The molecule has 0 aliphatic carbocycles. The maximum atomic E-state index is 13.6. The van der Waals surface area contributed by atoms with Gasteiger partial charge in [-0.25, -0.2) is 4.39 Å². The molecule has 1 N–H and O–H groups in total. The van der Waals surface area contributed by atoms with Gasteiger partial charge in [-0.15, -0.1) is 12.4 Å². The number of hydrogen-bond donors (Lipinski definition) is 1. The summed E-state index contributed by atoms with van der Waals surface area (Å²) in [4.78, 5) is 12.1. The number of carbonyl (C=O) groups is 1. The highest BCUT2D eigenvalue weighted by atomic mass is 35.5. The molecular weight excluding hydrogens is 376 g/mol. The molecule has 1 aliphatic rings. The maximum absolute atomic E-state index is 13.6. The molecule has 0 atom stereocenters. The molecule has 0 saturated heterocycles. The summed E-state index contributed by atoms with van der Waals surface area (Å²) in [6.45, 7) is 2.23. The van der Waals surface area contributed by atoms with Crippen molar-refractivity contribution in [3.05, 3.63) is 63.9 Å². The quantitative estimate of drug-likeness (QED) is 0.570. The van der Waals surface area contributed by atoms with Crippen LogP contribution in [-0.2, 0) is 12.8 Å². The van der Waals surface area contributed by atoms with Crippen LogP contribution in [0.15, 0.2) is 36.4 Å². The lowest BCUT2D eigenvalue weighted by Gasteiger charge is -2.15. The van der Waals surface area contributed by atoms with Crippen LogP contribution < -0.4 is 10.1 Å². The highest BCUT2D eigenvalue weighted by Gasteiger charge is 2.16. The van der Waals surface area contributed by atoms with E-state index in [4.69, 9.17) is 16.3 Å². The number of fused-ring (bicyclic) bond motifs is 1. The van der Waals surface area contributed by atoms with Crippen LogP contribution in [0, 0.1) is 5.82 Å². The molecule has 26 heavy (non-hydrogen) atoms. The van der Waals surface area contributed by atoms with E-state index in [0.29, 0.717) is 18.1 Å². The molecule has 0 amide bonds. The fourth-order valence-electron chi connectivity index (χ4n) is 3.09. The summed E-state index contributed by atoms with van der Waals surface area (Å²) in [5, 5.41) is 3.97. The van der Waals surface area contributed by atoms with Crippen molar-refractivity contribution in [1.82, 2.24) is 5.32 Å². The Balaban J connectivity index is 0.00000243. The first-order valence-electron chi connectivity index (χ1n) is 8.58. The lowest BCUT2D eigenvalue weighted by atomic mass is 10.0. The number of rotatable bonds is 6. The number of ketones is 1. The minimum Gasteiger partial charge on any atom is -0.492 e. The summed E-state index contributed by atoms with van der Waals surface area (Å²) in [6.07, 6.45) is 2.59. The van der Waals surface area contributed by atoms with Gasteiger partial charge in [0.2, 0.25) is 0 Å². The zero-order chi connectivity index (χ0) is 17.6. The van der Waals surface area contributed by atoms with Crippen molar-refractivity contribution in [2.24, 2.45) is 0 Å². The van der Waals surface area contributed by atoms with Crippen LogP contribution in [0.2, 0.25) is 5.02 Å². The smallest absolute Gasteiger partial charge is 0.165 e. The summed E-state index contributed by atoms with van der Waals surface area (Å²) >= 11 is 6.31. The monoisotopic (exact) mass is 397 g/mol. The molecule has 140 valence electrons. The Bertz CT molecular complexity index is 767. The van der Waals surface area contributed by atoms with Gasteiger partial charge in [0.15, 0.2) is 5.78 Å². The Hall–Kier alpha value is -1.62. The van der Waals surface area contributed by atoms with Crippen molar-refractivity contribution in [1.29, 1.82) is 0 Å². The number of halogens is 3. The van der Waals surface area contributed by atoms with Gasteiger partial charge in [0, 0.05) is 12.0 Å². The Kier molecular flexibility index (Phi) is 7.88. The predicted octanol–water partition coefficient (Wildman–Crippen LogP) is 4.63. The highest BCUT2D eigenvalue weighted by molar-refractivity contribution is 6.32. The molecule has 0 saturated carbocycles. The zero-order valence-electron chi connectivity index (χ0n) is 14.4. The predicted molar refractivity (Wildman–Crippen MR) is 104 cm³/mol. The SMILES string of the molecule is Cl.O=C(CCCOc1c(Cl)ccc2c1CCNCC2)c1ccccc1F. The van der Waals surface area contributed by atoms with E-state index < -0.39 is 5.82 Å². The van der Waals surface area contributed by atoms with Gasteiger partial charge in [0.25, 0.3) is 0 Å². The first-order valence-corrected chi connectivity index (χ1v) is 8.96. The second-order valence-corrected chi connectivity index (χ2v) is 6.53. The minimum absolute atomic E-state index is 0. The summed E-state index contributed by atoms with van der Waals surface area (Å²) in [5.74, 6) is 0.0439. The standard InChI is InChI=1S/C20H21ClFNO2.ClH/c21-17-8-7-14-9-11-23-12-10-15(14)20(17)25-13-3-6-19(24)16-4-1-2-5-18(16)22;/h1-2,4-5,7-8,23H,3,6,9-13H2;1H. The van der Waals surface area contributed by atoms with Gasteiger partial charge in [-0.2, -0.15) is 0 Å². The molecule has 0 fully saturated rings. The van der Waals surface area contributed by atoms with Gasteiger partial charge in [-0.05, 0) is 56.1 Å². The molecule has 0 spiro atoms. The third-order valence-electron chi connectivity index (χ3n) is 4.40. The molecule has 0 unspecified atom stereocenters. The Morgan fingerprint density at radius 2 is 1.92 bits per heavy atom. The normalized spacial score (nSPS) is 13.3. The molecule has 1 aliphatic heterocycles. The van der Waals surface area contributed by atoms with E-state index in [-0.39, 0.29) is 30.2 Å². The van der Waals surface area contributed by atoms with Gasteiger partial charge in [-0.1, -0.05) is 29.8 Å². The van der Waals surface area contributed by atoms with E-state index in [1.807, 2.05) is 6.07 Å². The summed E-state index contributed by atoms with van der Waals surface area (Å²) < 4.78 is 19.5. The van der Waals surface area contributed by atoms with Gasteiger partial charge in [-0.3, -0.25) is 4.79 Å². The van der Waals surface area contributed by atoms with E-state index in [0.717, 1.165) is 37.2 Å². The molecule has 2 aromatic rings. The van der Waals surface area contributed by atoms with Crippen molar-refractivity contribution < 1.29 is 13.9 Å². The van der Waals surface area contributed by atoms with Crippen molar-refractivity contribution >= 4 is 29.8 Å². The van der Waals surface area contributed by atoms with E-state index in [1.165, 1.54) is 17.7 Å². The lowest BCUT2D eigenvalue weighted by molar-refractivity contribution is 0.0969. The van der Waals surface area contributed by atoms with Gasteiger partial charge in [0.1, 0.15) is 11.6 Å². The number of ether oxygens (including phenoxy) is 1. The topological polar surface area (TPSA) is 38.3 Å². The van der Waals surface area contributed by atoms with Crippen molar-refractivity contribution in [2.75, 3.05) is 19.7 Å². The van der Waals surface area contributed by atoms with Crippen LogP contribution >= 0.6 is 24.0 Å². The van der Waals surface area contributed by atoms with Gasteiger partial charge in [0.05, 0.1) is 17.2 Å². The van der Waals surface area contributed by atoms with Crippen molar-refractivity contribution in [2.45, 2.75) is 25.7 Å². The molecule has 2 aromatic carbocycles. The Morgan fingerprint density at radius 3 is 2.73 bits per heavy atom. The number of carbonyl (C=O) groups excluding carboxylic acids is 1. The van der Waals surface area contributed by atoms with Crippen LogP contribution in [0.5, 0.6) is 5.75 Å². The highest BCUT2D eigenvalue weighted by Crippen LogP contribution is 2.33. The first-order chi connectivity index (χ1) is 12.2. The third-order valence-corrected chi connectivity index (χ3v) is 4.70.